The normalized spacial score (nSPS) is 11.6. The van der Waals surface area contributed by atoms with Gasteiger partial charge in [-0.1, -0.05) is 0 Å². The van der Waals surface area contributed by atoms with E-state index in [2.05, 4.69) is 5.10 Å². The molecule has 1 aromatic rings. The van der Waals surface area contributed by atoms with Crippen LogP contribution in [0.3, 0.4) is 0 Å². The Morgan fingerprint density at radius 3 is 2.61 bits per heavy atom. The smallest absolute Gasteiger partial charge is 0.223 e. The van der Waals surface area contributed by atoms with Crippen LogP contribution in [0.5, 0.6) is 5.88 Å². The summed E-state index contributed by atoms with van der Waals surface area (Å²) in [5.41, 5.74) is 6.57. The molecular formula is C12H22N4O2. The number of hydrogen-bond acceptors (Lipinski definition) is 4. The minimum Gasteiger partial charge on any atom is -0.477 e. The van der Waals surface area contributed by atoms with Gasteiger partial charge in [0.15, 0.2) is 0 Å². The molecule has 0 fully saturated rings. The van der Waals surface area contributed by atoms with Crippen molar-refractivity contribution in [2.24, 2.45) is 12.8 Å². The number of aromatic nitrogens is 2. The summed E-state index contributed by atoms with van der Waals surface area (Å²) in [6.45, 7) is 6.29. The summed E-state index contributed by atoms with van der Waals surface area (Å²) in [6, 6.07) is 0. The predicted octanol–water partition coefficient (Wildman–Crippen LogP) is 1.21. The molecule has 0 saturated heterocycles. The molecule has 102 valence electrons. The fraction of sp³-hybridized carbons (Fsp3) is 0.667. The Kier molecular flexibility index (Phi) is 4.34. The fourth-order valence-electron chi connectivity index (χ4n) is 1.61. The van der Waals surface area contributed by atoms with Gasteiger partial charge in [-0.2, -0.15) is 5.10 Å². The molecule has 0 atom stereocenters. The van der Waals surface area contributed by atoms with Crippen molar-refractivity contribution in [1.29, 1.82) is 5.41 Å². The molecule has 0 spiro atoms. The highest BCUT2D eigenvalue weighted by Crippen LogP contribution is 2.22. The Bertz CT molecular complexity index is 438. The molecule has 0 aliphatic heterocycles. The molecule has 1 aromatic heterocycles. The molecule has 0 bridgehead atoms. The molecule has 0 aliphatic carbocycles. The summed E-state index contributed by atoms with van der Waals surface area (Å²) < 4.78 is 12.6. The Labute approximate surface area is 108 Å². The zero-order chi connectivity index (χ0) is 13.9. The largest absolute Gasteiger partial charge is 0.477 e. The van der Waals surface area contributed by atoms with Crippen LogP contribution in [-0.4, -0.2) is 34.9 Å². The maximum atomic E-state index is 7.54. The quantitative estimate of drug-likeness (QED) is 0.590. The molecule has 0 aliphatic rings. The standard InChI is InChI=1S/C12H22N4O2/c1-8-9(10(13)14)11(16(4)15-8)18-7-6-12(2,3)17-5/h6-7H2,1-5H3,(H3,13,14). The van der Waals surface area contributed by atoms with E-state index in [9.17, 15) is 0 Å². The van der Waals surface area contributed by atoms with Crippen molar-refractivity contribution in [3.05, 3.63) is 11.3 Å². The van der Waals surface area contributed by atoms with E-state index >= 15 is 0 Å². The van der Waals surface area contributed by atoms with Crippen LogP contribution in [-0.2, 0) is 11.8 Å². The molecule has 0 saturated carbocycles. The highest BCUT2D eigenvalue weighted by atomic mass is 16.5. The van der Waals surface area contributed by atoms with Gasteiger partial charge in [0.2, 0.25) is 5.88 Å². The van der Waals surface area contributed by atoms with E-state index in [0.717, 1.165) is 6.42 Å². The number of hydrogen-bond donors (Lipinski definition) is 2. The Balaban J connectivity index is 2.76. The second-order valence-electron chi connectivity index (χ2n) is 4.87. The van der Waals surface area contributed by atoms with Crippen LogP contribution in [0.4, 0.5) is 0 Å². The average molecular weight is 254 g/mol. The van der Waals surface area contributed by atoms with E-state index in [4.69, 9.17) is 20.6 Å². The second kappa shape index (κ2) is 5.39. The minimum absolute atomic E-state index is 0.0263. The summed E-state index contributed by atoms with van der Waals surface area (Å²) in [5, 5.41) is 11.8. The van der Waals surface area contributed by atoms with Gasteiger partial charge in [0.25, 0.3) is 0 Å². The van der Waals surface area contributed by atoms with Gasteiger partial charge in [-0.25, -0.2) is 4.68 Å². The average Bonchev–Trinajstić information content (AvgIpc) is 2.53. The highest BCUT2D eigenvalue weighted by molar-refractivity contribution is 5.98. The molecule has 0 aromatic carbocycles. The van der Waals surface area contributed by atoms with Crippen molar-refractivity contribution in [1.82, 2.24) is 9.78 Å². The maximum absolute atomic E-state index is 7.54. The Hall–Kier alpha value is -1.56. The van der Waals surface area contributed by atoms with Crippen molar-refractivity contribution in [2.75, 3.05) is 13.7 Å². The number of nitrogens with zero attached hydrogens (tertiary/aromatic N) is 2. The Morgan fingerprint density at radius 1 is 1.50 bits per heavy atom. The second-order valence-corrected chi connectivity index (χ2v) is 4.87. The fourth-order valence-corrected chi connectivity index (χ4v) is 1.61. The van der Waals surface area contributed by atoms with Crippen molar-refractivity contribution in [2.45, 2.75) is 32.8 Å². The molecule has 6 nitrogen and oxygen atoms in total. The first-order valence-corrected chi connectivity index (χ1v) is 5.84. The van der Waals surface area contributed by atoms with Crippen LogP contribution < -0.4 is 10.5 Å². The molecule has 6 heteroatoms. The van der Waals surface area contributed by atoms with Gasteiger partial charge in [-0.3, -0.25) is 5.41 Å². The summed E-state index contributed by atoms with van der Waals surface area (Å²) in [4.78, 5) is 0. The number of methoxy groups -OCH3 is 1. The third-order valence-electron chi connectivity index (χ3n) is 2.93. The van der Waals surface area contributed by atoms with E-state index in [1.54, 1.807) is 18.8 Å². The van der Waals surface area contributed by atoms with E-state index in [1.807, 2.05) is 20.8 Å². The monoisotopic (exact) mass is 254 g/mol. The zero-order valence-electron chi connectivity index (χ0n) is 11.7. The van der Waals surface area contributed by atoms with Crippen molar-refractivity contribution >= 4 is 5.84 Å². The number of ether oxygens (including phenoxy) is 2. The van der Waals surface area contributed by atoms with Gasteiger partial charge in [0, 0.05) is 20.6 Å². The lowest BCUT2D eigenvalue weighted by Gasteiger charge is -2.22. The minimum atomic E-state index is -0.232. The number of rotatable bonds is 6. The first kappa shape index (κ1) is 14.5. The molecule has 18 heavy (non-hydrogen) atoms. The van der Waals surface area contributed by atoms with Crippen LogP contribution in [0.25, 0.3) is 0 Å². The number of nitrogens with one attached hydrogen (secondary N) is 1. The van der Waals surface area contributed by atoms with E-state index in [-0.39, 0.29) is 11.4 Å². The van der Waals surface area contributed by atoms with Crippen molar-refractivity contribution in [3.63, 3.8) is 0 Å². The topological polar surface area (TPSA) is 86.2 Å². The van der Waals surface area contributed by atoms with Crippen molar-refractivity contribution in [3.8, 4) is 5.88 Å². The van der Waals surface area contributed by atoms with Gasteiger partial charge in [0.1, 0.15) is 11.4 Å². The number of aryl methyl sites for hydroxylation is 2. The van der Waals surface area contributed by atoms with Gasteiger partial charge in [-0.15, -0.1) is 0 Å². The summed E-state index contributed by atoms with van der Waals surface area (Å²) in [6.07, 6.45) is 0.741. The van der Waals surface area contributed by atoms with Crippen LogP contribution in [0.2, 0.25) is 0 Å². The van der Waals surface area contributed by atoms with E-state index in [0.29, 0.717) is 23.7 Å². The van der Waals surface area contributed by atoms with Gasteiger partial charge in [-0.05, 0) is 20.8 Å². The molecule has 0 radical (unpaired) electrons. The SMILES string of the molecule is COC(C)(C)CCOc1c(C(=N)N)c(C)nn1C. The Morgan fingerprint density at radius 2 is 2.11 bits per heavy atom. The highest BCUT2D eigenvalue weighted by Gasteiger charge is 2.20. The molecule has 1 heterocycles. The summed E-state index contributed by atoms with van der Waals surface area (Å²) in [5.74, 6) is 0.508. The lowest BCUT2D eigenvalue weighted by molar-refractivity contribution is 0.00472. The third kappa shape index (κ3) is 3.22. The molecule has 1 rings (SSSR count). The van der Waals surface area contributed by atoms with Crippen LogP contribution >= 0.6 is 0 Å². The summed E-state index contributed by atoms with van der Waals surface area (Å²) in [7, 11) is 3.45. The van der Waals surface area contributed by atoms with Crippen LogP contribution in [0.1, 0.15) is 31.5 Å². The number of nitrogen functional groups attached to an aromatic ring is 1. The first-order chi connectivity index (χ1) is 8.28. The number of nitrogens with two attached hydrogens (primary N) is 1. The van der Waals surface area contributed by atoms with Crippen molar-refractivity contribution < 1.29 is 9.47 Å². The number of amidine groups is 1. The van der Waals surface area contributed by atoms with Gasteiger partial charge in [0.05, 0.1) is 17.9 Å². The van der Waals surface area contributed by atoms with E-state index in [1.165, 1.54) is 0 Å². The maximum Gasteiger partial charge on any atom is 0.223 e. The van der Waals surface area contributed by atoms with E-state index < -0.39 is 0 Å². The third-order valence-corrected chi connectivity index (χ3v) is 2.93. The zero-order valence-corrected chi connectivity index (χ0v) is 11.7. The molecule has 3 N–H and O–H groups in total. The molecule has 0 amide bonds. The lowest BCUT2D eigenvalue weighted by Crippen LogP contribution is -2.25. The lowest BCUT2D eigenvalue weighted by atomic mass is 10.1. The summed E-state index contributed by atoms with van der Waals surface area (Å²) >= 11 is 0. The van der Waals surface area contributed by atoms with Crippen LogP contribution in [0, 0.1) is 12.3 Å². The predicted molar refractivity (Wildman–Crippen MR) is 70.2 cm³/mol. The molecular weight excluding hydrogens is 232 g/mol. The van der Waals surface area contributed by atoms with Gasteiger partial charge < -0.3 is 15.2 Å². The van der Waals surface area contributed by atoms with Gasteiger partial charge >= 0.3 is 0 Å². The first-order valence-electron chi connectivity index (χ1n) is 5.84. The van der Waals surface area contributed by atoms with Crippen LogP contribution in [0.15, 0.2) is 0 Å². The molecule has 0 unspecified atom stereocenters.